The van der Waals surface area contributed by atoms with Gasteiger partial charge in [0.2, 0.25) is 0 Å². The Morgan fingerprint density at radius 3 is 2.21 bits per heavy atom. The van der Waals surface area contributed by atoms with Crippen LogP contribution in [-0.4, -0.2) is 46.8 Å². The molecule has 4 rings (SSSR count). The average molecular weight is 593 g/mol. The van der Waals surface area contributed by atoms with E-state index in [0.29, 0.717) is 43.2 Å². The zero-order valence-electron chi connectivity index (χ0n) is 20.7. The number of alkyl halides is 6. The number of carbonyl (C=O) groups is 1. The molecule has 1 amide bonds. The zero-order chi connectivity index (χ0) is 28.4. The third-order valence-corrected chi connectivity index (χ3v) is 7.98. The first-order valence-electron chi connectivity index (χ1n) is 12.3. The summed E-state index contributed by atoms with van der Waals surface area (Å²) in [6.45, 7) is 1.05. The van der Waals surface area contributed by atoms with Crippen molar-refractivity contribution in [2.24, 2.45) is 5.73 Å². The maximum atomic E-state index is 13.6. The third-order valence-electron chi connectivity index (χ3n) is 6.70. The first-order valence-corrected chi connectivity index (χ1v) is 13.8. The van der Waals surface area contributed by atoms with Gasteiger partial charge >= 0.3 is 12.4 Å². The Labute approximate surface area is 231 Å². The number of benzene rings is 2. The minimum Gasteiger partial charge on any atom is -0.391 e. The fourth-order valence-electron chi connectivity index (χ4n) is 4.81. The van der Waals surface area contributed by atoms with E-state index in [4.69, 9.17) is 17.3 Å². The minimum atomic E-state index is -4.96. The second kappa shape index (κ2) is 11.8. The van der Waals surface area contributed by atoms with E-state index in [1.54, 1.807) is 28.8 Å². The van der Waals surface area contributed by atoms with Crippen molar-refractivity contribution >= 4 is 29.3 Å². The molecule has 0 aliphatic carbocycles. The smallest absolute Gasteiger partial charge is 0.391 e. The van der Waals surface area contributed by atoms with Crippen molar-refractivity contribution in [2.75, 3.05) is 31.1 Å². The Hall–Kier alpha value is -2.73. The molecule has 1 atom stereocenters. The van der Waals surface area contributed by atoms with Crippen LogP contribution in [0.2, 0.25) is 5.02 Å². The molecule has 2 saturated heterocycles. The van der Waals surface area contributed by atoms with Crippen LogP contribution in [0.4, 0.5) is 26.3 Å². The van der Waals surface area contributed by atoms with E-state index < -0.39 is 35.9 Å². The summed E-state index contributed by atoms with van der Waals surface area (Å²) in [5, 5.41) is 3.41. The quantitative estimate of drug-likeness (QED) is 0.318. The molecule has 13 heteroatoms. The van der Waals surface area contributed by atoms with E-state index in [1.165, 1.54) is 0 Å². The minimum absolute atomic E-state index is 0.0855. The largest absolute Gasteiger partial charge is 0.416 e. The van der Waals surface area contributed by atoms with Gasteiger partial charge in [-0.15, -0.1) is 0 Å². The lowest BCUT2D eigenvalue weighted by molar-refractivity contribution is -0.143. The van der Waals surface area contributed by atoms with Gasteiger partial charge in [-0.2, -0.15) is 38.1 Å². The van der Waals surface area contributed by atoms with Crippen LogP contribution in [0.5, 0.6) is 0 Å². The summed E-state index contributed by atoms with van der Waals surface area (Å²) >= 11 is 8.07. The lowest BCUT2D eigenvalue weighted by Crippen LogP contribution is -2.43. The Morgan fingerprint density at radius 1 is 1.00 bits per heavy atom. The summed E-state index contributed by atoms with van der Waals surface area (Å²) in [6.07, 6.45) is -8.52. The number of hydrogen-bond acceptors (Lipinski definition) is 5. The predicted molar refractivity (Wildman–Crippen MR) is 139 cm³/mol. The molecule has 2 aliphatic rings. The van der Waals surface area contributed by atoms with Gasteiger partial charge in [0.15, 0.2) is 0 Å². The van der Waals surface area contributed by atoms with Gasteiger partial charge in [0.1, 0.15) is 11.5 Å². The van der Waals surface area contributed by atoms with Gasteiger partial charge < -0.3 is 20.9 Å². The molecule has 0 aromatic heterocycles. The van der Waals surface area contributed by atoms with Crippen molar-refractivity contribution in [3.8, 4) is 0 Å². The summed E-state index contributed by atoms with van der Waals surface area (Å²) in [4.78, 5) is 17.1. The molecule has 0 unspecified atom stereocenters. The van der Waals surface area contributed by atoms with Crippen LogP contribution in [0.3, 0.4) is 0 Å². The molecule has 2 fully saturated rings. The van der Waals surface area contributed by atoms with Gasteiger partial charge in [-0.25, -0.2) is 0 Å². The van der Waals surface area contributed by atoms with Crippen molar-refractivity contribution < 1.29 is 31.1 Å². The molecule has 212 valence electrons. The molecule has 0 spiro atoms. The number of nitrogens with zero attached hydrogens (tertiary/aromatic N) is 2. The van der Waals surface area contributed by atoms with Gasteiger partial charge in [0.05, 0.1) is 17.2 Å². The van der Waals surface area contributed by atoms with Crippen molar-refractivity contribution in [3.63, 3.8) is 0 Å². The molecular weight excluding hydrogens is 566 g/mol. The first-order chi connectivity index (χ1) is 18.4. The molecule has 39 heavy (non-hydrogen) atoms. The number of likely N-dealkylation sites (tertiary alicyclic amines) is 1. The van der Waals surface area contributed by atoms with Crippen LogP contribution in [0, 0.1) is 0 Å². The Morgan fingerprint density at radius 2 is 1.62 bits per heavy atom. The van der Waals surface area contributed by atoms with E-state index in [1.807, 2.05) is 17.0 Å². The highest BCUT2D eigenvalue weighted by atomic mass is 35.5. The van der Waals surface area contributed by atoms with Crippen LogP contribution in [0.1, 0.15) is 41.1 Å². The fourth-order valence-corrected chi connectivity index (χ4v) is 5.97. The molecule has 5 nitrogen and oxygen atoms in total. The molecule has 2 aromatic carbocycles. The molecular formula is C26H27ClF6N4OS. The van der Waals surface area contributed by atoms with Crippen molar-refractivity contribution in [2.45, 2.75) is 37.8 Å². The molecule has 0 radical (unpaired) electrons. The van der Waals surface area contributed by atoms with E-state index in [2.05, 4.69) is 5.32 Å². The van der Waals surface area contributed by atoms with E-state index in [9.17, 15) is 31.1 Å². The highest BCUT2D eigenvalue weighted by molar-refractivity contribution is 7.99. The summed E-state index contributed by atoms with van der Waals surface area (Å²) in [6, 6.07) is 8.29. The Balaban J connectivity index is 1.65. The lowest BCUT2D eigenvalue weighted by Gasteiger charge is -2.33. The highest BCUT2D eigenvalue weighted by Gasteiger charge is 2.37. The van der Waals surface area contributed by atoms with Gasteiger partial charge in [0, 0.05) is 42.7 Å². The number of hydrogen-bond donors (Lipinski definition) is 2. The Kier molecular flexibility index (Phi) is 8.85. The van der Waals surface area contributed by atoms with Crippen LogP contribution < -0.4 is 11.1 Å². The number of nitrogens with one attached hydrogen (secondary N) is 1. The van der Waals surface area contributed by atoms with Gasteiger partial charge in [0.25, 0.3) is 5.91 Å². The molecule has 2 heterocycles. The molecule has 3 N–H and O–H groups in total. The second-order valence-corrected chi connectivity index (χ2v) is 10.9. The third kappa shape index (κ3) is 6.89. The number of amides is 1. The van der Waals surface area contributed by atoms with Crippen LogP contribution in [-0.2, 0) is 23.7 Å². The topological polar surface area (TPSA) is 61.6 Å². The van der Waals surface area contributed by atoms with Crippen molar-refractivity contribution in [1.82, 2.24) is 15.1 Å². The summed E-state index contributed by atoms with van der Waals surface area (Å²) < 4.78 is 80.1. The predicted octanol–water partition coefficient (Wildman–Crippen LogP) is 6.01. The molecule has 2 aliphatic heterocycles. The highest BCUT2D eigenvalue weighted by Crippen LogP contribution is 2.38. The first kappa shape index (κ1) is 29.3. The van der Waals surface area contributed by atoms with Crippen LogP contribution in [0.25, 0.3) is 0 Å². The van der Waals surface area contributed by atoms with Crippen LogP contribution in [0.15, 0.2) is 54.0 Å². The van der Waals surface area contributed by atoms with Crippen molar-refractivity contribution in [1.29, 1.82) is 0 Å². The standard InChI is InChI=1S/C26H27ClF6N4OS/c27-20-5-2-1-4-19(20)21-6-3-7-37(21)24(38)22(34)23(36-8-10-39-11-9-36)35-15-16-12-17(25(28,29)30)14-18(13-16)26(31,32)33/h1-2,4-5,12-14,21,35H,3,6-11,15,34H2/b23-22+/t21-/m1/s1. The molecule has 0 saturated carbocycles. The number of halogens is 7. The average Bonchev–Trinajstić information content (AvgIpc) is 3.37. The maximum absolute atomic E-state index is 13.6. The number of nitrogens with two attached hydrogens (primary N) is 1. The van der Waals surface area contributed by atoms with Crippen LogP contribution >= 0.6 is 23.4 Å². The second-order valence-electron chi connectivity index (χ2n) is 9.31. The lowest BCUT2D eigenvalue weighted by atomic mass is 10.0. The summed E-state index contributed by atoms with van der Waals surface area (Å²) in [5.74, 6) is 1.16. The van der Waals surface area contributed by atoms with Crippen molar-refractivity contribution in [3.05, 3.63) is 81.3 Å². The molecule has 0 bridgehead atoms. The van der Waals surface area contributed by atoms with Gasteiger partial charge in [-0.05, 0) is 48.2 Å². The summed E-state index contributed by atoms with van der Waals surface area (Å²) in [7, 11) is 0. The Bertz CT molecular complexity index is 1200. The normalized spacial score (nSPS) is 19.2. The van der Waals surface area contributed by atoms with E-state index in [-0.39, 0.29) is 29.2 Å². The van der Waals surface area contributed by atoms with Gasteiger partial charge in [-0.1, -0.05) is 29.8 Å². The maximum Gasteiger partial charge on any atom is 0.416 e. The molecule has 2 aromatic rings. The number of rotatable bonds is 6. The SMILES string of the molecule is N/C(C(=O)N1CCC[C@@H]1c1ccccc1Cl)=C(\NCc1cc(C(F)(F)F)cc(C(F)(F)F)c1)N1CCSCC1. The monoisotopic (exact) mass is 592 g/mol. The van der Waals surface area contributed by atoms with Gasteiger partial charge in [-0.3, -0.25) is 4.79 Å². The zero-order valence-corrected chi connectivity index (χ0v) is 22.3. The van der Waals surface area contributed by atoms with E-state index in [0.717, 1.165) is 23.5 Å². The fraction of sp³-hybridized carbons (Fsp3) is 0.423. The number of carbonyl (C=O) groups excluding carboxylic acids is 1. The summed E-state index contributed by atoms with van der Waals surface area (Å²) in [5.41, 5.74) is 3.98. The van der Waals surface area contributed by atoms with E-state index >= 15 is 0 Å². The number of thioether (sulfide) groups is 1.